The van der Waals surface area contributed by atoms with Gasteiger partial charge in [0, 0.05) is 44.2 Å². The predicted molar refractivity (Wildman–Crippen MR) is 118 cm³/mol. The van der Waals surface area contributed by atoms with Crippen LogP contribution in [0.25, 0.3) is 11.1 Å². The van der Waals surface area contributed by atoms with Gasteiger partial charge in [-0.3, -0.25) is 14.9 Å². The van der Waals surface area contributed by atoms with Gasteiger partial charge in [-0.05, 0) is 31.0 Å². The monoisotopic (exact) mass is 436 g/mol. The van der Waals surface area contributed by atoms with Crippen molar-refractivity contribution >= 4 is 28.4 Å². The number of nitrogens with zero attached hydrogens (tertiary/aromatic N) is 4. The Morgan fingerprint density at radius 3 is 2.53 bits per heavy atom. The average molecular weight is 436 g/mol. The average Bonchev–Trinajstić information content (AvgIpc) is 3.28. The number of anilines is 1. The topological polar surface area (TPSA) is 102 Å². The van der Waals surface area contributed by atoms with Crippen LogP contribution in [0.4, 0.5) is 11.4 Å². The van der Waals surface area contributed by atoms with Crippen molar-refractivity contribution in [3.05, 3.63) is 64.0 Å². The number of hydrogen-bond donors (Lipinski definition) is 0. The molecule has 0 atom stereocenters. The Bertz CT molecular complexity index is 1110. The van der Waals surface area contributed by atoms with Crippen molar-refractivity contribution in [2.75, 3.05) is 44.3 Å². The number of carbonyl (C=O) groups excluding carboxylic acids is 1. The number of piperidine rings is 1. The Balaban J connectivity index is 1.35. The quantitative estimate of drug-likeness (QED) is 0.455. The van der Waals surface area contributed by atoms with Crippen LogP contribution in [0.1, 0.15) is 35.0 Å². The number of fused-ring (bicyclic) bond motifs is 1. The molecule has 166 valence electrons. The summed E-state index contributed by atoms with van der Waals surface area (Å²) in [6.07, 6.45) is 1.47. The van der Waals surface area contributed by atoms with Crippen LogP contribution in [-0.2, 0) is 4.74 Å². The molecule has 0 N–H and O–H groups in total. The fourth-order valence-corrected chi connectivity index (χ4v) is 4.45. The normalized spacial score (nSPS) is 17.6. The highest BCUT2D eigenvalue weighted by Gasteiger charge is 2.30. The molecule has 0 spiro atoms. The lowest BCUT2D eigenvalue weighted by atomic mass is 9.96. The standard InChI is InChI=1S/C23H24N4O5/c28-23(18-15-17(27(29)30)5-6-20(18)25-11-13-31-14-12-25)26-9-7-16(8-10-26)22-24-19-3-1-2-4-21(19)32-22/h1-6,15-16H,7-14H2. The molecule has 5 rings (SSSR count). The lowest BCUT2D eigenvalue weighted by molar-refractivity contribution is -0.384. The molecule has 2 aliphatic rings. The first-order valence-corrected chi connectivity index (χ1v) is 10.9. The van der Waals surface area contributed by atoms with Gasteiger partial charge in [-0.15, -0.1) is 0 Å². The van der Waals surface area contributed by atoms with Crippen molar-refractivity contribution in [3.8, 4) is 0 Å². The van der Waals surface area contributed by atoms with Crippen LogP contribution in [0.3, 0.4) is 0 Å². The summed E-state index contributed by atoms with van der Waals surface area (Å²) in [5.74, 6) is 0.684. The first-order chi connectivity index (χ1) is 15.6. The van der Waals surface area contributed by atoms with E-state index in [9.17, 15) is 14.9 Å². The molecule has 9 nitrogen and oxygen atoms in total. The summed E-state index contributed by atoms with van der Waals surface area (Å²) in [6.45, 7) is 3.54. The fraction of sp³-hybridized carbons (Fsp3) is 0.391. The number of non-ortho nitro benzene ring substituents is 1. The van der Waals surface area contributed by atoms with Crippen molar-refractivity contribution in [1.82, 2.24) is 9.88 Å². The highest BCUT2D eigenvalue weighted by molar-refractivity contribution is 6.00. The van der Waals surface area contributed by atoms with E-state index in [1.165, 1.54) is 12.1 Å². The molecule has 2 saturated heterocycles. The van der Waals surface area contributed by atoms with Crippen LogP contribution < -0.4 is 4.90 Å². The maximum atomic E-state index is 13.4. The summed E-state index contributed by atoms with van der Waals surface area (Å²) < 4.78 is 11.3. The van der Waals surface area contributed by atoms with E-state index in [1.54, 1.807) is 11.0 Å². The zero-order valence-corrected chi connectivity index (χ0v) is 17.6. The zero-order chi connectivity index (χ0) is 22.1. The van der Waals surface area contributed by atoms with Crippen LogP contribution in [0.5, 0.6) is 0 Å². The number of ether oxygens (including phenoxy) is 1. The van der Waals surface area contributed by atoms with E-state index >= 15 is 0 Å². The SMILES string of the molecule is O=C(c1cc([N+](=O)[O-])ccc1N1CCOCC1)N1CCC(c2nc3ccccc3o2)CC1. The third kappa shape index (κ3) is 3.91. The number of aromatic nitrogens is 1. The van der Waals surface area contributed by atoms with E-state index in [0.717, 1.165) is 29.6 Å². The number of amides is 1. The number of para-hydroxylation sites is 2. The Morgan fingerprint density at radius 2 is 1.81 bits per heavy atom. The molecule has 0 radical (unpaired) electrons. The lowest BCUT2D eigenvalue weighted by Crippen LogP contribution is -2.41. The van der Waals surface area contributed by atoms with Crippen LogP contribution in [-0.4, -0.2) is 60.1 Å². The number of benzene rings is 2. The highest BCUT2D eigenvalue weighted by Crippen LogP contribution is 2.32. The second-order valence-corrected chi connectivity index (χ2v) is 8.14. The van der Waals surface area contributed by atoms with Gasteiger partial charge < -0.3 is 19.0 Å². The molecule has 32 heavy (non-hydrogen) atoms. The van der Waals surface area contributed by atoms with Crippen LogP contribution in [0, 0.1) is 10.1 Å². The molecule has 1 amide bonds. The predicted octanol–water partition coefficient (Wildman–Crippen LogP) is 3.59. The van der Waals surface area contributed by atoms with Crippen LogP contribution in [0.15, 0.2) is 46.9 Å². The second-order valence-electron chi connectivity index (χ2n) is 8.14. The van der Waals surface area contributed by atoms with Crippen LogP contribution >= 0.6 is 0 Å². The molecule has 3 heterocycles. The Morgan fingerprint density at radius 1 is 1.06 bits per heavy atom. The molecule has 2 aromatic carbocycles. The van der Waals surface area contributed by atoms with E-state index < -0.39 is 4.92 Å². The van der Waals surface area contributed by atoms with Gasteiger partial charge in [-0.25, -0.2) is 4.98 Å². The summed E-state index contributed by atoms with van der Waals surface area (Å²) in [5, 5.41) is 11.3. The van der Waals surface area contributed by atoms with Crippen molar-refractivity contribution in [1.29, 1.82) is 0 Å². The Kier molecular flexibility index (Phi) is 5.48. The van der Waals surface area contributed by atoms with E-state index in [-0.39, 0.29) is 17.5 Å². The molecule has 2 fully saturated rings. The first-order valence-electron chi connectivity index (χ1n) is 10.9. The Labute approximate surface area is 184 Å². The summed E-state index contributed by atoms with van der Waals surface area (Å²) >= 11 is 0. The van der Waals surface area contributed by atoms with E-state index in [0.29, 0.717) is 50.8 Å². The van der Waals surface area contributed by atoms with Gasteiger partial charge in [0.25, 0.3) is 11.6 Å². The molecule has 0 aliphatic carbocycles. The van der Waals surface area contributed by atoms with Gasteiger partial charge in [0.1, 0.15) is 5.52 Å². The van der Waals surface area contributed by atoms with Crippen molar-refractivity contribution in [2.24, 2.45) is 0 Å². The summed E-state index contributed by atoms with van der Waals surface area (Å²) in [6, 6.07) is 12.2. The summed E-state index contributed by atoms with van der Waals surface area (Å²) in [5.41, 5.74) is 2.64. The number of carbonyl (C=O) groups is 1. The number of nitro groups is 1. The highest BCUT2D eigenvalue weighted by atomic mass is 16.6. The largest absolute Gasteiger partial charge is 0.440 e. The number of morpholine rings is 1. The van der Waals surface area contributed by atoms with Gasteiger partial charge in [0.2, 0.25) is 0 Å². The molecule has 0 unspecified atom stereocenters. The molecule has 3 aromatic rings. The third-order valence-corrected chi connectivity index (χ3v) is 6.21. The lowest BCUT2D eigenvalue weighted by Gasteiger charge is -2.33. The minimum Gasteiger partial charge on any atom is -0.440 e. The molecule has 1 aromatic heterocycles. The number of oxazole rings is 1. The number of rotatable bonds is 4. The first kappa shape index (κ1) is 20.4. The van der Waals surface area contributed by atoms with Gasteiger partial charge >= 0.3 is 0 Å². The minimum atomic E-state index is -0.459. The van der Waals surface area contributed by atoms with Gasteiger partial charge in [-0.2, -0.15) is 0 Å². The molecule has 9 heteroatoms. The second kappa shape index (κ2) is 8.58. The molecular formula is C23H24N4O5. The maximum absolute atomic E-state index is 13.4. The van der Waals surface area contributed by atoms with E-state index in [2.05, 4.69) is 9.88 Å². The smallest absolute Gasteiger partial charge is 0.270 e. The molecule has 0 saturated carbocycles. The van der Waals surface area contributed by atoms with Gasteiger partial charge in [-0.1, -0.05) is 12.1 Å². The zero-order valence-electron chi connectivity index (χ0n) is 17.6. The number of nitro benzene ring substituents is 1. The molecule has 0 bridgehead atoms. The number of hydrogen-bond acceptors (Lipinski definition) is 7. The van der Waals surface area contributed by atoms with E-state index in [4.69, 9.17) is 9.15 Å². The van der Waals surface area contributed by atoms with Gasteiger partial charge in [0.05, 0.1) is 29.4 Å². The summed E-state index contributed by atoms with van der Waals surface area (Å²) in [4.78, 5) is 32.8. The third-order valence-electron chi connectivity index (χ3n) is 6.21. The van der Waals surface area contributed by atoms with Crippen molar-refractivity contribution in [2.45, 2.75) is 18.8 Å². The Hall–Kier alpha value is -3.46. The number of likely N-dealkylation sites (tertiary alicyclic amines) is 1. The minimum absolute atomic E-state index is 0.0771. The van der Waals surface area contributed by atoms with Crippen LogP contribution in [0.2, 0.25) is 0 Å². The van der Waals surface area contributed by atoms with Crippen molar-refractivity contribution < 1.29 is 18.9 Å². The maximum Gasteiger partial charge on any atom is 0.270 e. The van der Waals surface area contributed by atoms with Crippen molar-refractivity contribution in [3.63, 3.8) is 0 Å². The molecule has 2 aliphatic heterocycles. The fourth-order valence-electron chi connectivity index (χ4n) is 4.45. The van der Waals surface area contributed by atoms with Gasteiger partial charge in [0.15, 0.2) is 11.5 Å². The van der Waals surface area contributed by atoms with E-state index in [1.807, 2.05) is 24.3 Å². The molecular weight excluding hydrogens is 412 g/mol. The summed E-state index contributed by atoms with van der Waals surface area (Å²) in [7, 11) is 0.